The number of carbonyl (C=O) groups excluding carboxylic acids is 1. The number of methoxy groups -OCH3 is 1. The van der Waals surface area contributed by atoms with Gasteiger partial charge in [0.15, 0.2) is 0 Å². The number of hydrogen-bond donors (Lipinski definition) is 2. The van der Waals surface area contributed by atoms with Crippen LogP contribution in [0.25, 0.3) is 0 Å². The fourth-order valence-corrected chi connectivity index (χ4v) is 4.14. The van der Waals surface area contributed by atoms with Crippen LogP contribution in [0.1, 0.15) is 38.3 Å². The number of benzene rings is 2. The SMILES string of the molecule is COc1ccc(CO[C@@H]2C[C@H]([C@@H](O)[C@@H](N)Cc3cc(F)cc(F)c3)N(C(=O)OC(C)(C)C)C2)cc1. The Bertz CT molecular complexity index is 976. The lowest BCUT2D eigenvalue weighted by Crippen LogP contribution is -2.52. The first-order valence-corrected chi connectivity index (χ1v) is 11.6. The van der Waals surface area contributed by atoms with Crippen LogP contribution in [0, 0.1) is 11.6 Å². The summed E-state index contributed by atoms with van der Waals surface area (Å²) in [4.78, 5) is 14.4. The van der Waals surface area contributed by atoms with Gasteiger partial charge < -0.3 is 25.1 Å². The van der Waals surface area contributed by atoms with Gasteiger partial charge in [-0.3, -0.25) is 4.90 Å². The minimum atomic E-state index is -1.16. The zero-order valence-electron chi connectivity index (χ0n) is 20.5. The van der Waals surface area contributed by atoms with Gasteiger partial charge in [-0.2, -0.15) is 0 Å². The van der Waals surface area contributed by atoms with Gasteiger partial charge in [0.05, 0.1) is 38.5 Å². The molecule has 1 saturated heterocycles. The number of aliphatic hydroxyl groups excluding tert-OH is 1. The highest BCUT2D eigenvalue weighted by Crippen LogP contribution is 2.28. The number of ether oxygens (including phenoxy) is 3. The van der Waals surface area contributed by atoms with Gasteiger partial charge in [0.25, 0.3) is 0 Å². The molecule has 0 aliphatic carbocycles. The molecule has 0 bridgehead atoms. The third-order valence-corrected chi connectivity index (χ3v) is 5.80. The Hall–Kier alpha value is -2.75. The van der Waals surface area contributed by atoms with E-state index in [1.807, 2.05) is 24.3 Å². The second kappa shape index (κ2) is 11.3. The zero-order valence-corrected chi connectivity index (χ0v) is 20.5. The van der Waals surface area contributed by atoms with Crippen molar-refractivity contribution in [3.05, 3.63) is 65.2 Å². The minimum absolute atomic E-state index is 0.0336. The van der Waals surface area contributed by atoms with E-state index >= 15 is 0 Å². The normalized spacial score (nSPS) is 19.9. The summed E-state index contributed by atoms with van der Waals surface area (Å²) in [5, 5.41) is 11.1. The second-order valence-electron chi connectivity index (χ2n) is 9.85. The zero-order chi connectivity index (χ0) is 25.8. The van der Waals surface area contributed by atoms with Crippen LogP contribution in [0.3, 0.4) is 0 Å². The number of halogens is 2. The molecule has 1 aliphatic rings. The highest BCUT2D eigenvalue weighted by molar-refractivity contribution is 5.69. The maximum atomic E-state index is 13.6. The van der Waals surface area contributed by atoms with Crippen LogP contribution < -0.4 is 10.5 Å². The molecule has 2 aromatic carbocycles. The number of carbonyl (C=O) groups is 1. The van der Waals surface area contributed by atoms with E-state index in [4.69, 9.17) is 19.9 Å². The Morgan fingerprint density at radius 3 is 2.34 bits per heavy atom. The van der Waals surface area contributed by atoms with Gasteiger partial charge in [-0.1, -0.05) is 12.1 Å². The lowest BCUT2D eigenvalue weighted by molar-refractivity contribution is -0.000338. The number of nitrogens with two attached hydrogens (primary N) is 1. The summed E-state index contributed by atoms with van der Waals surface area (Å²) in [7, 11) is 1.59. The summed E-state index contributed by atoms with van der Waals surface area (Å²) < 4.78 is 43.9. The van der Waals surface area contributed by atoms with E-state index in [-0.39, 0.29) is 19.1 Å². The highest BCUT2D eigenvalue weighted by atomic mass is 19.1. The average molecular weight is 493 g/mol. The smallest absolute Gasteiger partial charge is 0.410 e. The van der Waals surface area contributed by atoms with E-state index in [9.17, 15) is 18.7 Å². The second-order valence-corrected chi connectivity index (χ2v) is 9.85. The molecule has 7 nitrogen and oxygen atoms in total. The van der Waals surface area contributed by atoms with Gasteiger partial charge >= 0.3 is 6.09 Å². The Morgan fingerprint density at radius 2 is 1.77 bits per heavy atom. The Kier molecular flexibility index (Phi) is 8.69. The molecule has 3 N–H and O–H groups in total. The molecule has 1 fully saturated rings. The number of rotatable bonds is 8. The van der Waals surface area contributed by atoms with Crippen molar-refractivity contribution in [1.29, 1.82) is 0 Å². The molecule has 1 amide bonds. The van der Waals surface area contributed by atoms with Gasteiger partial charge in [0.2, 0.25) is 0 Å². The topological polar surface area (TPSA) is 94.2 Å². The average Bonchev–Trinajstić information content (AvgIpc) is 3.20. The van der Waals surface area contributed by atoms with E-state index in [0.29, 0.717) is 18.6 Å². The molecule has 0 unspecified atom stereocenters. The van der Waals surface area contributed by atoms with Gasteiger partial charge in [0.1, 0.15) is 23.0 Å². The minimum Gasteiger partial charge on any atom is -0.497 e. The number of aliphatic hydroxyl groups is 1. The van der Waals surface area contributed by atoms with Crippen molar-refractivity contribution in [2.24, 2.45) is 5.73 Å². The number of likely N-dealkylation sites (tertiary alicyclic amines) is 1. The van der Waals surface area contributed by atoms with E-state index in [0.717, 1.165) is 17.4 Å². The first-order valence-electron chi connectivity index (χ1n) is 11.6. The fourth-order valence-electron chi connectivity index (χ4n) is 4.14. The van der Waals surface area contributed by atoms with Crippen LogP contribution in [0.2, 0.25) is 0 Å². The summed E-state index contributed by atoms with van der Waals surface area (Å²) in [6.07, 6.45) is -1.74. The summed E-state index contributed by atoms with van der Waals surface area (Å²) in [5.74, 6) is -0.698. The Morgan fingerprint density at radius 1 is 1.14 bits per heavy atom. The lowest BCUT2D eigenvalue weighted by Gasteiger charge is -2.33. The molecule has 192 valence electrons. The van der Waals surface area contributed by atoms with Crippen molar-refractivity contribution in [2.45, 2.75) is 70.1 Å². The maximum absolute atomic E-state index is 13.6. The Balaban J connectivity index is 1.71. The molecule has 1 aliphatic heterocycles. The summed E-state index contributed by atoms with van der Waals surface area (Å²) in [6, 6.07) is 9.03. The maximum Gasteiger partial charge on any atom is 0.410 e. The predicted molar refractivity (Wildman–Crippen MR) is 127 cm³/mol. The first-order chi connectivity index (χ1) is 16.4. The van der Waals surface area contributed by atoms with Crippen LogP contribution in [0.5, 0.6) is 5.75 Å². The van der Waals surface area contributed by atoms with Crippen molar-refractivity contribution in [1.82, 2.24) is 4.90 Å². The van der Waals surface area contributed by atoms with E-state index < -0.39 is 41.5 Å². The molecule has 4 atom stereocenters. The van der Waals surface area contributed by atoms with Crippen LogP contribution >= 0.6 is 0 Å². The van der Waals surface area contributed by atoms with E-state index in [1.54, 1.807) is 27.9 Å². The molecular formula is C26H34F2N2O5. The van der Waals surface area contributed by atoms with Crippen molar-refractivity contribution in [2.75, 3.05) is 13.7 Å². The number of nitrogens with zero attached hydrogens (tertiary/aromatic N) is 1. The van der Waals surface area contributed by atoms with Crippen LogP contribution in [-0.4, -0.2) is 59.6 Å². The molecule has 2 aromatic rings. The molecule has 1 heterocycles. The first kappa shape index (κ1) is 26.8. The lowest BCUT2D eigenvalue weighted by atomic mass is 9.95. The molecule has 0 saturated carbocycles. The van der Waals surface area contributed by atoms with Crippen LogP contribution in [0.4, 0.5) is 13.6 Å². The van der Waals surface area contributed by atoms with E-state index in [2.05, 4.69) is 0 Å². The molecule has 9 heteroatoms. The van der Waals surface area contributed by atoms with Gasteiger partial charge in [-0.15, -0.1) is 0 Å². The quantitative estimate of drug-likeness (QED) is 0.582. The molecule has 0 radical (unpaired) electrons. The molecule has 0 spiro atoms. The van der Waals surface area contributed by atoms with Crippen LogP contribution in [0.15, 0.2) is 42.5 Å². The summed E-state index contributed by atoms with van der Waals surface area (Å²) >= 11 is 0. The summed E-state index contributed by atoms with van der Waals surface area (Å²) in [6.45, 7) is 5.80. The standard InChI is InChI=1S/C26H34F2N2O5/c1-26(2,3)35-25(32)30-14-21(34-15-16-5-7-20(33-4)8-6-16)13-23(30)24(31)22(29)11-17-9-18(27)12-19(28)10-17/h5-10,12,21-24,31H,11,13-15,29H2,1-4H3/t21-,22+,23-,24+/m1/s1. The van der Waals surface area contributed by atoms with E-state index in [1.165, 1.54) is 17.0 Å². The third-order valence-electron chi connectivity index (χ3n) is 5.80. The monoisotopic (exact) mass is 492 g/mol. The number of amides is 1. The molecule has 3 rings (SSSR count). The largest absolute Gasteiger partial charge is 0.497 e. The van der Waals surface area contributed by atoms with Crippen molar-refractivity contribution in [3.63, 3.8) is 0 Å². The molecule has 35 heavy (non-hydrogen) atoms. The Labute approximate surface area is 204 Å². The van der Waals surface area contributed by atoms with Crippen LogP contribution in [-0.2, 0) is 22.5 Å². The van der Waals surface area contributed by atoms with Gasteiger partial charge in [-0.25, -0.2) is 13.6 Å². The number of hydrogen-bond acceptors (Lipinski definition) is 6. The third kappa shape index (κ3) is 7.62. The summed E-state index contributed by atoms with van der Waals surface area (Å²) in [5.41, 5.74) is 6.76. The molecular weight excluding hydrogens is 458 g/mol. The van der Waals surface area contributed by atoms with Gasteiger partial charge in [-0.05, 0) is 69.0 Å². The van der Waals surface area contributed by atoms with Crippen molar-refractivity contribution < 1.29 is 32.9 Å². The fraction of sp³-hybridized carbons (Fsp3) is 0.500. The predicted octanol–water partition coefficient (Wildman–Crippen LogP) is 3.80. The molecule has 0 aromatic heterocycles. The van der Waals surface area contributed by atoms with Gasteiger partial charge in [0, 0.05) is 12.1 Å². The van der Waals surface area contributed by atoms with Crippen molar-refractivity contribution in [3.8, 4) is 5.75 Å². The van der Waals surface area contributed by atoms with Crippen molar-refractivity contribution >= 4 is 6.09 Å². The highest BCUT2D eigenvalue weighted by Gasteiger charge is 2.43.